The molecule has 0 saturated carbocycles. The Hall–Kier alpha value is -2.04. The van der Waals surface area contributed by atoms with Crippen molar-refractivity contribution in [3.8, 4) is 0 Å². The number of anilines is 3. The molecule has 116 valence electrons. The lowest BCUT2D eigenvalue weighted by atomic mass is 10.1. The first kappa shape index (κ1) is 14.9. The minimum Gasteiger partial charge on any atom is -0.372 e. The van der Waals surface area contributed by atoms with Crippen LogP contribution in [-0.2, 0) is 6.54 Å². The fourth-order valence-electron chi connectivity index (χ4n) is 2.87. The Balaban J connectivity index is 1.62. The zero-order valence-corrected chi connectivity index (χ0v) is 12.8. The Bertz CT molecular complexity index is 574. The Morgan fingerprint density at radius 1 is 0.818 bits per heavy atom. The van der Waals surface area contributed by atoms with E-state index in [9.17, 15) is 0 Å². The number of hydrogen-bond acceptors (Lipinski definition) is 4. The minimum absolute atomic E-state index is 0.463. The second-order valence-electron chi connectivity index (χ2n) is 5.75. The first-order chi connectivity index (χ1) is 10.8. The van der Waals surface area contributed by atoms with Gasteiger partial charge in [-0.15, -0.1) is 0 Å². The van der Waals surface area contributed by atoms with Crippen LogP contribution in [-0.4, -0.2) is 18.3 Å². The molecule has 2 aromatic carbocycles. The molecule has 22 heavy (non-hydrogen) atoms. The summed E-state index contributed by atoms with van der Waals surface area (Å²) in [6.07, 6.45) is 3.96. The van der Waals surface area contributed by atoms with Crippen molar-refractivity contribution < 1.29 is 5.21 Å². The molecule has 0 unspecified atom stereocenters. The number of benzene rings is 2. The molecule has 4 nitrogen and oxygen atoms in total. The van der Waals surface area contributed by atoms with Gasteiger partial charge in [0.15, 0.2) is 0 Å². The van der Waals surface area contributed by atoms with Crippen molar-refractivity contribution in [3.63, 3.8) is 0 Å². The average molecular weight is 297 g/mol. The van der Waals surface area contributed by atoms with Gasteiger partial charge in [0, 0.05) is 36.7 Å². The molecule has 0 bridgehead atoms. The van der Waals surface area contributed by atoms with Gasteiger partial charge >= 0.3 is 0 Å². The fourth-order valence-corrected chi connectivity index (χ4v) is 2.87. The summed E-state index contributed by atoms with van der Waals surface area (Å²) in [5.41, 5.74) is 6.67. The highest BCUT2D eigenvalue weighted by Gasteiger charge is 2.10. The summed E-state index contributed by atoms with van der Waals surface area (Å²) in [4.78, 5) is 2.46. The summed E-state index contributed by atoms with van der Waals surface area (Å²) in [7, 11) is 0. The molecule has 0 aromatic heterocycles. The van der Waals surface area contributed by atoms with Crippen molar-refractivity contribution >= 4 is 17.1 Å². The van der Waals surface area contributed by atoms with Gasteiger partial charge in [0.05, 0.1) is 0 Å². The van der Waals surface area contributed by atoms with Gasteiger partial charge in [-0.2, -0.15) is 0 Å². The summed E-state index contributed by atoms with van der Waals surface area (Å²) < 4.78 is 0. The number of rotatable bonds is 5. The first-order valence-corrected chi connectivity index (χ1v) is 7.93. The summed E-state index contributed by atoms with van der Waals surface area (Å²) in [5, 5.41) is 12.1. The summed E-state index contributed by atoms with van der Waals surface area (Å²) in [6, 6.07) is 16.7. The molecule has 4 heteroatoms. The van der Waals surface area contributed by atoms with E-state index in [0.29, 0.717) is 6.54 Å². The highest BCUT2D eigenvalue weighted by molar-refractivity contribution is 5.63. The zero-order valence-electron chi connectivity index (χ0n) is 12.8. The largest absolute Gasteiger partial charge is 0.372 e. The zero-order chi connectivity index (χ0) is 15.2. The third-order valence-corrected chi connectivity index (χ3v) is 4.11. The molecule has 1 aliphatic heterocycles. The third kappa shape index (κ3) is 3.78. The van der Waals surface area contributed by atoms with Crippen LogP contribution < -0.4 is 15.7 Å². The maximum absolute atomic E-state index is 8.69. The van der Waals surface area contributed by atoms with Crippen LogP contribution in [0.1, 0.15) is 24.8 Å². The van der Waals surface area contributed by atoms with Crippen LogP contribution in [0.5, 0.6) is 0 Å². The highest BCUT2D eigenvalue weighted by Crippen LogP contribution is 2.23. The first-order valence-electron chi connectivity index (χ1n) is 7.93. The van der Waals surface area contributed by atoms with Gasteiger partial charge in [0.25, 0.3) is 0 Å². The Morgan fingerprint density at radius 2 is 1.41 bits per heavy atom. The summed E-state index contributed by atoms with van der Waals surface area (Å²) in [6.45, 7) is 2.81. The Labute approximate surface area is 131 Å². The second-order valence-corrected chi connectivity index (χ2v) is 5.75. The van der Waals surface area contributed by atoms with Crippen molar-refractivity contribution in [2.45, 2.75) is 25.8 Å². The lowest BCUT2D eigenvalue weighted by molar-refractivity contribution is 0.161. The van der Waals surface area contributed by atoms with E-state index in [1.807, 2.05) is 24.3 Å². The summed E-state index contributed by atoms with van der Waals surface area (Å²) >= 11 is 0. The molecule has 0 atom stereocenters. The molecule has 0 radical (unpaired) electrons. The van der Waals surface area contributed by atoms with Crippen LogP contribution in [0.15, 0.2) is 48.5 Å². The van der Waals surface area contributed by atoms with Crippen LogP contribution in [0.2, 0.25) is 0 Å². The molecule has 2 aromatic rings. The van der Waals surface area contributed by atoms with Crippen LogP contribution in [0, 0.1) is 0 Å². The lowest BCUT2D eigenvalue weighted by Crippen LogP contribution is -2.29. The number of nitrogens with one attached hydrogen (secondary N) is 2. The van der Waals surface area contributed by atoms with E-state index in [1.165, 1.54) is 38.0 Å². The van der Waals surface area contributed by atoms with Crippen molar-refractivity contribution in [2.75, 3.05) is 23.3 Å². The molecule has 3 rings (SSSR count). The molecular formula is C18H23N3O. The molecule has 1 aliphatic rings. The molecule has 3 N–H and O–H groups in total. The Morgan fingerprint density at radius 3 is 2.00 bits per heavy atom. The number of hydroxylamine groups is 1. The quantitative estimate of drug-likeness (QED) is 0.733. The molecule has 1 heterocycles. The van der Waals surface area contributed by atoms with Gasteiger partial charge in [-0.25, -0.2) is 5.48 Å². The normalized spacial score (nSPS) is 14.9. The van der Waals surface area contributed by atoms with Crippen molar-refractivity contribution in [1.29, 1.82) is 0 Å². The highest BCUT2D eigenvalue weighted by atomic mass is 16.5. The lowest BCUT2D eigenvalue weighted by Gasteiger charge is -2.28. The third-order valence-electron chi connectivity index (χ3n) is 4.11. The van der Waals surface area contributed by atoms with Gasteiger partial charge in [-0.1, -0.05) is 12.1 Å². The van der Waals surface area contributed by atoms with Crippen LogP contribution in [0.25, 0.3) is 0 Å². The monoisotopic (exact) mass is 297 g/mol. The van der Waals surface area contributed by atoms with E-state index >= 15 is 0 Å². The number of hydrogen-bond donors (Lipinski definition) is 3. The van der Waals surface area contributed by atoms with Gasteiger partial charge in [-0.05, 0) is 61.2 Å². The maximum atomic E-state index is 8.69. The van der Waals surface area contributed by atoms with E-state index in [4.69, 9.17) is 5.21 Å². The van der Waals surface area contributed by atoms with E-state index in [-0.39, 0.29) is 0 Å². The molecule has 1 fully saturated rings. The van der Waals surface area contributed by atoms with Gasteiger partial charge in [0.1, 0.15) is 0 Å². The molecular weight excluding hydrogens is 274 g/mol. The van der Waals surface area contributed by atoms with E-state index in [0.717, 1.165) is 16.9 Å². The number of piperidine rings is 1. The standard InChI is InChI=1S/C18H23N3O/c22-19-14-15-4-6-16(7-5-15)20-17-8-10-18(11-9-17)21-12-2-1-3-13-21/h4-11,19-20,22H,1-3,12-14H2. The van der Waals surface area contributed by atoms with E-state index in [1.54, 1.807) is 0 Å². The molecule has 0 aliphatic carbocycles. The minimum atomic E-state index is 0.463. The van der Waals surface area contributed by atoms with Crippen molar-refractivity contribution in [1.82, 2.24) is 5.48 Å². The van der Waals surface area contributed by atoms with E-state index < -0.39 is 0 Å². The molecule has 0 spiro atoms. The predicted molar refractivity (Wildman–Crippen MR) is 90.9 cm³/mol. The van der Waals surface area contributed by atoms with Crippen molar-refractivity contribution in [3.05, 3.63) is 54.1 Å². The van der Waals surface area contributed by atoms with Gasteiger partial charge in [-0.3, -0.25) is 0 Å². The average Bonchev–Trinajstić information content (AvgIpc) is 2.58. The topological polar surface area (TPSA) is 47.5 Å². The van der Waals surface area contributed by atoms with E-state index in [2.05, 4.69) is 40.0 Å². The summed E-state index contributed by atoms with van der Waals surface area (Å²) in [5.74, 6) is 0. The maximum Gasteiger partial charge on any atom is 0.0458 e. The molecule has 0 amide bonds. The fraction of sp³-hybridized carbons (Fsp3) is 0.333. The van der Waals surface area contributed by atoms with Crippen molar-refractivity contribution in [2.24, 2.45) is 0 Å². The van der Waals surface area contributed by atoms with Crippen LogP contribution in [0.4, 0.5) is 17.1 Å². The van der Waals surface area contributed by atoms with Crippen LogP contribution >= 0.6 is 0 Å². The van der Waals surface area contributed by atoms with Gasteiger partial charge in [0.2, 0.25) is 0 Å². The second kappa shape index (κ2) is 7.29. The predicted octanol–water partition coefficient (Wildman–Crippen LogP) is 3.90. The Kier molecular flexibility index (Phi) is 4.93. The van der Waals surface area contributed by atoms with Crippen LogP contribution in [0.3, 0.4) is 0 Å². The molecule has 1 saturated heterocycles. The smallest absolute Gasteiger partial charge is 0.0458 e. The number of nitrogens with zero attached hydrogens (tertiary/aromatic N) is 1. The van der Waals surface area contributed by atoms with Gasteiger partial charge < -0.3 is 15.4 Å². The SMILES string of the molecule is ONCc1ccc(Nc2ccc(N3CCCCC3)cc2)cc1.